The van der Waals surface area contributed by atoms with E-state index < -0.39 is 57.8 Å². The monoisotopic (exact) mass is 782 g/mol. The number of aliphatic carboxylic acids is 1. The molecule has 0 bridgehead atoms. The molecule has 0 spiro atoms. The molecule has 4 rings (SSSR count). The number of fused-ring (bicyclic) bond motifs is 2. The summed E-state index contributed by atoms with van der Waals surface area (Å²) in [5.41, 5.74) is 2.25. The third-order valence-electron chi connectivity index (χ3n) is 9.99. The molecule has 2 aliphatic rings. The highest BCUT2D eigenvalue weighted by atomic mass is 32.2. The molecule has 0 fully saturated rings. The molecule has 3 N–H and O–H groups in total. The topological polar surface area (TPSA) is 219 Å². The van der Waals surface area contributed by atoms with Gasteiger partial charge >= 0.3 is 5.97 Å². The van der Waals surface area contributed by atoms with Crippen LogP contribution >= 0.6 is 0 Å². The van der Waals surface area contributed by atoms with E-state index in [0.717, 1.165) is 11.4 Å². The van der Waals surface area contributed by atoms with Crippen LogP contribution in [0.2, 0.25) is 0 Å². The lowest BCUT2D eigenvalue weighted by Crippen LogP contribution is -2.33. The number of benzene rings is 2. The number of unbranched alkanes of at least 4 members (excludes halogenated alkanes) is 2. The Morgan fingerprint density at radius 1 is 0.923 bits per heavy atom. The van der Waals surface area contributed by atoms with Crippen molar-refractivity contribution in [2.75, 3.05) is 37.5 Å². The number of allylic oxidation sites excluding steroid dienone is 4. The zero-order valence-corrected chi connectivity index (χ0v) is 32.1. The molecule has 0 saturated heterocycles. The predicted octanol–water partition coefficient (Wildman–Crippen LogP) is 4.78. The fraction of sp³-hybridized carbons (Fsp3) is 0.486. The van der Waals surface area contributed by atoms with Gasteiger partial charge < -0.3 is 19.3 Å². The van der Waals surface area contributed by atoms with E-state index in [-0.39, 0.29) is 24.2 Å². The molecule has 2 aromatic rings. The Morgan fingerprint density at radius 2 is 1.60 bits per heavy atom. The van der Waals surface area contributed by atoms with Gasteiger partial charge in [0.2, 0.25) is 5.69 Å². The molecular weight excluding hydrogens is 737 g/mol. The van der Waals surface area contributed by atoms with Gasteiger partial charge in [-0.15, -0.1) is 0 Å². The van der Waals surface area contributed by atoms with Gasteiger partial charge in [0, 0.05) is 67.6 Å². The van der Waals surface area contributed by atoms with Crippen LogP contribution < -0.4 is 4.90 Å². The predicted molar refractivity (Wildman–Crippen MR) is 194 cm³/mol. The van der Waals surface area contributed by atoms with Crippen LogP contribution in [0.5, 0.6) is 0 Å². The summed E-state index contributed by atoms with van der Waals surface area (Å²) in [5, 5.41) is 9.10. The summed E-state index contributed by atoms with van der Waals surface area (Å²) in [6.07, 6.45) is 7.96. The van der Waals surface area contributed by atoms with Crippen molar-refractivity contribution in [2.24, 2.45) is 0 Å². The number of methoxy groups -OCH3 is 1. The second-order valence-corrected chi connectivity index (χ2v) is 17.9. The maximum Gasteiger partial charge on any atom is 0.303 e. The number of nitrogens with zero attached hydrogens (tertiary/aromatic N) is 2. The summed E-state index contributed by atoms with van der Waals surface area (Å²) in [4.78, 5) is 12.4. The van der Waals surface area contributed by atoms with Crippen molar-refractivity contribution in [1.29, 1.82) is 0 Å². The molecule has 0 aromatic heterocycles. The molecule has 17 heteroatoms. The van der Waals surface area contributed by atoms with E-state index in [2.05, 4.69) is 0 Å². The minimum absolute atomic E-state index is 0.0332. The highest BCUT2D eigenvalue weighted by molar-refractivity contribution is 7.86. The van der Waals surface area contributed by atoms with Gasteiger partial charge in [-0.05, 0) is 94.8 Å². The van der Waals surface area contributed by atoms with E-state index in [4.69, 9.17) is 9.84 Å². The van der Waals surface area contributed by atoms with E-state index >= 15 is 0 Å². The third-order valence-corrected chi connectivity index (χ3v) is 12.5. The first-order chi connectivity index (χ1) is 24.2. The number of rotatable bonds is 18. The van der Waals surface area contributed by atoms with Crippen molar-refractivity contribution in [1.82, 2.24) is 0 Å². The lowest BCUT2D eigenvalue weighted by atomic mass is 9.76. The molecule has 2 aliphatic heterocycles. The number of carbonyl (C=O) groups is 1. The van der Waals surface area contributed by atoms with E-state index in [0.29, 0.717) is 67.9 Å². The largest absolute Gasteiger partial charge is 0.744 e. The van der Waals surface area contributed by atoms with Crippen LogP contribution in [0.1, 0.15) is 76.8 Å². The number of hydrogen-bond acceptors (Lipinski definition) is 10. The van der Waals surface area contributed by atoms with Gasteiger partial charge in [-0.1, -0.05) is 6.08 Å². The smallest absolute Gasteiger partial charge is 0.303 e. The van der Waals surface area contributed by atoms with Gasteiger partial charge in [-0.25, -0.2) is 8.42 Å². The van der Waals surface area contributed by atoms with Gasteiger partial charge in [-0.2, -0.15) is 21.4 Å². The first-order valence-corrected chi connectivity index (χ1v) is 21.3. The summed E-state index contributed by atoms with van der Waals surface area (Å²) < 4.78 is 111. The average Bonchev–Trinajstić information content (AvgIpc) is 3.42. The van der Waals surface area contributed by atoms with Crippen LogP contribution in [0.4, 0.5) is 11.4 Å². The molecule has 2 unspecified atom stereocenters. The van der Waals surface area contributed by atoms with Crippen molar-refractivity contribution < 1.29 is 58.1 Å². The standard InChI is InChI=1S/C35H46N2O12S3/c1-5-36-29-16-14-25(51(43,44)45)23-27(29)34(2,18-10-22-50(40,41)42)31(36)11-9-12-32-35(3,19-21-49-4)28-24-26(52(46,47)48)15-17-30(28)37(32)20-8-6-7-13-33(38)39/h9,11-12,14-17,23-24H,5-8,10,13,18-22H2,1-4H3,(H3-,38,39,40,41,42,43,44,45,46,47,48). The molecule has 2 heterocycles. The first-order valence-electron chi connectivity index (χ1n) is 16.9. The van der Waals surface area contributed by atoms with Crippen molar-refractivity contribution in [2.45, 2.75) is 86.3 Å². The lowest BCUT2D eigenvalue weighted by molar-refractivity contribution is -0.438. The number of likely N-dealkylation sites (N-methyl/N-ethyl adjacent to an activating group) is 1. The summed E-state index contributed by atoms with van der Waals surface area (Å²) in [6.45, 7) is 6.90. The fourth-order valence-electron chi connectivity index (χ4n) is 7.35. The van der Waals surface area contributed by atoms with Crippen LogP contribution in [0.15, 0.2) is 70.1 Å². The summed E-state index contributed by atoms with van der Waals surface area (Å²) >= 11 is 0. The zero-order valence-electron chi connectivity index (χ0n) is 29.6. The minimum Gasteiger partial charge on any atom is -0.744 e. The molecule has 0 amide bonds. The molecule has 0 radical (unpaired) electrons. The normalized spacial score (nSPS) is 21.4. The van der Waals surface area contributed by atoms with Crippen molar-refractivity contribution >= 4 is 53.4 Å². The maximum atomic E-state index is 12.2. The number of hydrogen-bond donors (Lipinski definition) is 3. The SMILES string of the molecule is CCN1/C(=C/C=C/C2=[N+](CCCCCC(=O)O)c3ccc(S(=O)(=O)O)cc3C2(C)CCOC)C(C)(CCCS(=O)(=O)O)c2cc(S(=O)(=O)[O-])ccc21. The van der Waals surface area contributed by atoms with Crippen molar-refractivity contribution in [3.8, 4) is 0 Å². The molecular formula is C35H46N2O12S3. The van der Waals surface area contributed by atoms with Crippen LogP contribution in [0.3, 0.4) is 0 Å². The molecule has 0 aliphatic carbocycles. The Morgan fingerprint density at radius 3 is 2.19 bits per heavy atom. The van der Waals surface area contributed by atoms with Crippen LogP contribution in [-0.2, 0) is 50.7 Å². The number of carboxylic acid groups (broad SMARTS) is 1. The molecule has 286 valence electrons. The van der Waals surface area contributed by atoms with E-state index in [1.54, 1.807) is 19.2 Å². The minimum atomic E-state index is -4.81. The van der Waals surface area contributed by atoms with Crippen LogP contribution in [-0.4, -0.2) is 92.8 Å². The second kappa shape index (κ2) is 15.9. The Hall–Kier alpha value is -3.45. The van der Waals surface area contributed by atoms with Gasteiger partial charge in [0.25, 0.3) is 20.2 Å². The highest BCUT2D eigenvalue weighted by Crippen LogP contribution is 2.51. The van der Waals surface area contributed by atoms with Crippen molar-refractivity contribution in [3.05, 3.63) is 71.5 Å². The van der Waals surface area contributed by atoms with E-state index in [1.165, 1.54) is 24.3 Å². The summed E-state index contributed by atoms with van der Waals surface area (Å²) in [5.74, 6) is -1.40. The van der Waals surface area contributed by atoms with Crippen molar-refractivity contribution in [3.63, 3.8) is 0 Å². The van der Waals surface area contributed by atoms with Gasteiger partial charge in [0.05, 0.1) is 21.0 Å². The van der Waals surface area contributed by atoms with Crippen LogP contribution in [0.25, 0.3) is 0 Å². The second-order valence-electron chi connectivity index (χ2n) is 13.5. The lowest BCUT2D eigenvalue weighted by Gasteiger charge is -2.30. The molecule has 2 aromatic carbocycles. The Balaban J connectivity index is 1.88. The van der Waals surface area contributed by atoms with Gasteiger partial charge in [-0.3, -0.25) is 13.9 Å². The Bertz CT molecular complexity index is 2130. The summed E-state index contributed by atoms with van der Waals surface area (Å²) in [7, 11) is -12.1. The maximum absolute atomic E-state index is 12.2. The third kappa shape index (κ3) is 9.01. The quantitative estimate of drug-likeness (QED) is 0.105. The highest BCUT2D eigenvalue weighted by Gasteiger charge is 2.48. The summed E-state index contributed by atoms with van der Waals surface area (Å²) in [6, 6.07) is 8.54. The molecule has 52 heavy (non-hydrogen) atoms. The number of carboxylic acids is 1. The average molecular weight is 783 g/mol. The molecule has 14 nitrogen and oxygen atoms in total. The molecule has 2 atom stereocenters. The van der Waals surface area contributed by atoms with Gasteiger partial charge in [0.1, 0.15) is 16.7 Å². The molecule has 0 saturated carbocycles. The van der Waals surface area contributed by atoms with E-state index in [9.17, 15) is 43.7 Å². The number of ether oxygens (including phenoxy) is 1. The Labute approximate surface area is 305 Å². The Kier molecular flexibility index (Phi) is 12.6. The first kappa shape index (κ1) is 41.3. The van der Waals surface area contributed by atoms with Gasteiger partial charge in [0.15, 0.2) is 5.71 Å². The fourth-order valence-corrected chi connectivity index (χ4v) is 8.87. The van der Waals surface area contributed by atoms with Crippen LogP contribution in [0, 0.1) is 0 Å². The zero-order chi connectivity index (χ0) is 38.7. The number of anilines is 1. The van der Waals surface area contributed by atoms with E-state index in [1.807, 2.05) is 48.5 Å².